The zero-order valence-corrected chi connectivity index (χ0v) is 14.3. The number of carbonyl (C=O) groups excluding carboxylic acids is 2. The summed E-state index contributed by atoms with van der Waals surface area (Å²) in [4.78, 5) is 30.0. The summed E-state index contributed by atoms with van der Waals surface area (Å²) in [5, 5.41) is 0.186. The molecule has 4 nitrogen and oxygen atoms in total. The van der Waals surface area contributed by atoms with Gasteiger partial charge in [-0.1, -0.05) is 18.2 Å². The molecule has 23 heavy (non-hydrogen) atoms. The summed E-state index contributed by atoms with van der Waals surface area (Å²) < 4.78 is 0. The smallest absolute Gasteiger partial charge is 0.270 e. The van der Waals surface area contributed by atoms with E-state index in [0.717, 1.165) is 9.75 Å². The van der Waals surface area contributed by atoms with Crippen LogP contribution < -0.4 is 4.90 Å². The minimum atomic E-state index is -0.393. The van der Waals surface area contributed by atoms with Gasteiger partial charge in [0.25, 0.3) is 11.8 Å². The highest BCUT2D eigenvalue weighted by Gasteiger charge is 2.38. The van der Waals surface area contributed by atoms with Crippen LogP contribution in [-0.4, -0.2) is 28.9 Å². The second-order valence-corrected chi connectivity index (χ2v) is 6.81. The van der Waals surface area contributed by atoms with Gasteiger partial charge in [0, 0.05) is 16.8 Å². The van der Waals surface area contributed by atoms with Crippen LogP contribution in [0.25, 0.3) is 6.08 Å². The highest BCUT2D eigenvalue weighted by atomic mass is 32.1. The average Bonchev–Trinajstić information content (AvgIpc) is 2.96. The van der Waals surface area contributed by atoms with Crippen molar-refractivity contribution in [1.29, 1.82) is 0 Å². The van der Waals surface area contributed by atoms with Crippen LogP contribution in [0.1, 0.15) is 9.75 Å². The Labute approximate surface area is 143 Å². The second-order valence-electron chi connectivity index (χ2n) is 5.13. The number of thiocarbonyl (C=S) groups is 1. The van der Waals surface area contributed by atoms with Gasteiger partial charge in [0.15, 0.2) is 5.11 Å². The summed E-state index contributed by atoms with van der Waals surface area (Å²) in [5.74, 6) is -0.770. The molecule has 0 spiro atoms. The third-order valence-electron chi connectivity index (χ3n) is 3.51. The maximum absolute atomic E-state index is 12.8. The van der Waals surface area contributed by atoms with Gasteiger partial charge in [-0.2, -0.15) is 0 Å². The highest BCUT2D eigenvalue weighted by Crippen LogP contribution is 2.26. The number of para-hydroxylation sites is 1. The fourth-order valence-corrected chi connectivity index (χ4v) is 3.41. The van der Waals surface area contributed by atoms with Gasteiger partial charge < -0.3 is 0 Å². The number of likely N-dealkylation sites (N-methyl/N-ethyl adjacent to an activating group) is 1. The van der Waals surface area contributed by atoms with Crippen molar-refractivity contribution in [3.05, 3.63) is 57.8 Å². The maximum atomic E-state index is 12.8. The molecular weight excluding hydrogens is 328 g/mol. The van der Waals surface area contributed by atoms with Crippen LogP contribution in [0.3, 0.4) is 0 Å². The number of carbonyl (C=O) groups is 2. The summed E-state index contributed by atoms with van der Waals surface area (Å²) in [7, 11) is 1.58. The van der Waals surface area contributed by atoms with Gasteiger partial charge in [-0.3, -0.25) is 19.4 Å². The molecule has 0 N–H and O–H groups in total. The van der Waals surface area contributed by atoms with Gasteiger partial charge in [0.1, 0.15) is 5.57 Å². The molecule has 0 atom stereocenters. The zero-order chi connectivity index (χ0) is 16.6. The van der Waals surface area contributed by atoms with Gasteiger partial charge in [-0.25, -0.2) is 0 Å². The number of amides is 2. The molecule has 0 aliphatic carbocycles. The van der Waals surface area contributed by atoms with Crippen molar-refractivity contribution in [3.8, 4) is 0 Å². The lowest BCUT2D eigenvalue weighted by Crippen LogP contribution is -2.54. The molecule has 1 aromatic heterocycles. The molecule has 0 unspecified atom stereocenters. The van der Waals surface area contributed by atoms with E-state index in [-0.39, 0.29) is 16.6 Å². The van der Waals surface area contributed by atoms with Crippen molar-refractivity contribution in [2.75, 3.05) is 11.9 Å². The van der Waals surface area contributed by atoms with E-state index >= 15 is 0 Å². The van der Waals surface area contributed by atoms with E-state index in [9.17, 15) is 9.59 Å². The molecular formula is C17H14N2O2S2. The first-order valence-corrected chi connectivity index (χ1v) is 8.21. The Morgan fingerprint density at radius 2 is 1.74 bits per heavy atom. The number of thiophene rings is 1. The lowest BCUT2D eigenvalue weighted by molar-refractivity contribution is -0.127. The van der Waals surface area contributed by atoms with E-state index in [2.05, 4.69) is 0 Å². The van der Waals surface area contributed by atoms with Gasteiger partial charge in [-0.15, -0.1) is 11.3 Å². The predicted octanol–water partition coefficient (Wildman–Crippen LogP) is 3.23. The second kappa shape index (κ2) is 6.06. The Morgan fingerprint density at radius 3 is 2.35 bits per heavy atom. The molecule has 1 aliphatic heterocycles. The van der Waals surface area contributed by atoms with Crippen LogP contribution in [-0.2, 0) is 9.59 Å². The molecule has 0 saturated carbocycles. The van der Waals surface area contributed by atoms with Crippen LogP contribution in [0.5, 0.6) is 0 Å². The van der Waals surface area contributed by atoms with Crippen LogP contribution >= 0.6 is 23.6 Å². The molecule has 1 aliphatic rings. The monoisotopic (exact) mass is 342 g/mol. The molecule has 2 aromatic rings. The van der Waals surface area contributed by atoms with Gasteiger partial charge in [-0.05, 0) is 49.5 Å². The molecule has 6 heteroatoms. The zero-order valence-electron chi connectivity index (χ0n) is 12.6. The summed E-state index contributed by atoms with van der Waals surface area (Å²) in [5.41, 5.74) is 0.766. The molecule has 116 valence electrons. The molecule has 3 rings (SSSR count). The predicted molar refractivity (Wildman–Crippen MR) is 96.3 cm³/mol. The molecule has 2 heterocycles. The lowest BCUT2D eigenvalue weighted by Gasteiger charge is -2.34. The van der Waals surface area contributed by atoms with Crippen LogP contribution in [0.2, 0.25) is 0 Å². The van der Waals surface area contributed by atoms with Gasteiger partial charge in [0.2, 0.25) is 0 Å². The number of anilines is 1. The van der Waals surface area contributed by atoms with E-state index in [0.29, 0.717) is 5.69 Å². The van der Waals surface area contributed by atoms with E-state index < -0.39 is 5.91 Å². The number of aryl methyl sites for hydroxylation is 1. The van der Waals surface area contributed by atoms with E-state index in [1.165, 1.54) is 21.1 Å². The number of nitrogens with zero attached hydrogens (tertiary/aromatic N) is 2. The minimum absolute atomic E-state index is 0.117. The standard InChI is InChI=1S/C17H14N2O2S2/c1-11-8-9-13(23-11)10-14-15(20)18(2)17(22)19(16(14)21)12-6-4-3-5-7-12/h3-10H,1-2H3. The third-order valence-corrected chi connectivity index (χ3v) is 4.91. The van der Waals surface area contributed by atoms with Crippen LogP contribution in [0, 0.1) is 6.92 Å². The average molecular weight is 342 g/mol. The first-order valence-electron chi connectivity index (χ1n) is 6.98. The van der Waals surface area contributed by atoms with Crippen molar-refractivity contribution >= 4 is 52.2 Å². The first-order chi connectivity index (χ1) is 11.0. The Morgan fingerprint density at radius 1 is 1.04 bits per heavy atom. The number of rotatable bonds is 2. The maximum Gasteiger partial charge on any atom is 0.270 e. The van der Waals surface area contributed by atoms with E-state index in [1.807, 2.05) is 37.3 Å². The Kier molecular flexibility index (Phi) is 4.11. The number of hydrogen-bond acceptors (Lipinski definition) is 4. The number of benzene rings is 1. The summed E-state index contributed by atoms with van der Waals surface area (Å²) in [6.45, 7) is 1.98. The first kappa shape index (κ1) is 15.6. The lowest BCUT2D eigenvalue weighted by atomic mass is 10.1. The largest absolute Gasteiger partial charge is 0.287 e. The quantitative estimate of drug-likeness (QED) is 0.478. The van der Waals surface area contributed by atoms with Crippen molar-refractivity contribution in [2.45, 2.75) is 6.92 Å². The molecule has 2 amide bonds. The van der Waals surface area contributed by atoms with Crippen molar-refractivity contribution in [2.24, 2.45) is 0 Å². The third kappa shape index (κ3) is 2.83. The highest BCUT2D eigenvalue weighted by molar-refractivity contribution is 7.80. The summed E-state index contributed by atoms with van der Waals surface area (Å²) in [6, 6.07) is 13.0. The van der Waals surface area contributed by atoms with Crippen LogP contribution in [0.15, 0.2) is 48.0 Å². The fraction of sp³-hybridized carbons (Fsp3) is 0.118. The minimum Gasteiger partial charge on any atom is -0.287 e. The SMILES string of the molecule is Cc1ccc(C=C2C(=O)N(C)C(=S)N(c3ccccc3)C2=O)s1. The Bertz CT molecular complexity index is 824. The summed E-state index contributed by atoms with van der Waals surface area (Å²) in [6.07, 6.45) is 1.64. The van der Waals surface area contributed by atoms with Crippen LogP contribution in [0.4, 0.5) is 5.69 Å². The normalized spacial score (nSPS) is 17.3. The Balaban J connectivity index is 2.07. The van der Waals surface area contributed by atoms with E-state index in [4.69, 9.17) is 12.2 Å². The molecule has 1 saturated heterocycles. The molecule has 1 aromatic carbocycles. The molecule has 0 radical (unpaired) electrons. The topological polar surface area (TPSA) is 40.6 Å². The van der Waals surface area contributed by atoms with Crippen molar-refractivity contribution in [1.82, 2.24) is 4.90 Å². The summed E-state index contributed by atoms with van der Waals surface area (Å²) >= 11 is 6.83. The van der Waals surface area contributed by atoms with E-state index in [1.54, 1.807) is 25.3 Å². The van der Waals surface area contributed by atoms with Crippen molar-refractivity contribution in [3.63, 3.8) is 0 Å². The molecule has 0 bridgehead atoms. The Hall–Kier alpha value is -2.31. The van der Waals surface area contributed by atoms with Gasteiger partial charge >= 0.3 is 0 Å². The fourth-order valence-electron chi connectivity index (χ4n) is 2.32. The van der Waals surface area contributed by atoms with Gasteiger partial charge in [0.05, 0.1) is 5.69 Å². The molecule has 1 fully saturated rings. The number of hydrogen-bond donors (Lipinski definition) is 0. The van der Waals surface area contributed by atoms with Crippen molar-refractivity contribution < 1.29 is 9.59 Å².